The molecule has 0 saturated heterocycles. The number of hydrogen-bond acceptors (Lipinski definition) is 3. The molecule has 0 aliphatic heterocycles. The van der Waals surface area contributed by atoms with Gasteiger partial charge in [-0.25, -0.2) is 0 Å². The first-order valence-corrected chi connectivity index (χ1v) is 4.13. The lowest BCUT2D eigenvalue weighted by Crippen LogP contribution is -2.33. The first-order chi connectivity index (χ1) is 6.22. The van der Waals surface area contributed by atoms with E-state index in [1.807, 2.05) is 0 Å². The standard InChI is InChI=1S/C7H14N4O2/c1-9-6(7(12)13)4-2-3-5-10-11-8/h6,9H,2-5H2,1H3,(H,12,13). The summed E-state index contributed by atoms with van der Waals surface area (Å²) in [7, 11) is 1.62. The van der Waals surface area contributed by atoms with Gasteiger partial charge in [-0.1, -0.05) is 11.5 Å². The summed E-state index contributed by atoms with van der Waals surface area (Å²) in [6.45, 7) is 0.437. The maximum absolute atomic E-state index is 10.5. The van der Waals surface area contributed by atoms with Crippen molar-refractivity contribution in [3.05, 3.63) is 10.4 Å². The van der Waals surface area contributed by atoms with Crippen LogP contribution < -0.4 is 5.32 Å². The molecule has 0 bridgehead atoms. The molecule has 0 aromatic rings. The summed E-state index contributed by atoms with van der Waals surface area (Å²) >= 11 is 0. The van der Waals surface area contributed by atoms with Gasteiger partial charge in [-0.2, -0.15) is 0 Å². The van der Waals surface area contributed by atoms with Gasteiger partial charge >= 0.3 is 5.97 Å². The summed E-state index contributed by atoms with van der Waals surface area (Å²) in [6.07, 6.45) is 2.04. The molecule has 0 spiro atoms. The molecular weight excluding hydrogens is 172 g/mol. The lowest BCUT2D eigenvalue weighted by molar-refractivity contribution is -0.139. The van der Waals surface area contributed by atoms with Gasteiger partial charge in [0.25, 0.3) is 0 Å². The Morgan fingerprint density at radius 3 is 2.85 bits per heavy atom. The monoisotopic (exact) mass is 186 g/mol. The van der Waals surface area contributed by atoms with Crippen molar-refractivity contribution in [2.75, 3.05) is 13.6 Å². The van der Waals surface area contributed by atoms with Crippen LogP contribution in [0.3, 0.4) is 0 Å². The third-order valence-corrected chi connectivity index (χ3v) is 1.71. The summed E-state index contributed by atoms with van der Waals surface area (Å²) < 4.78 is 0. The van der Waals surface area contributed by atoms with Crippen LogP contribution in [0, 0.1) is 0 Å². The Kier molecular flexibility index (Phi) is 6.68. The molecule has 0 rings (SSSR count). The summed E-state index contributed by atoms with van der Waals surface area (Å²) in [5.74, 6) is -0.841. The van der Waals surface area contributed by atoms with Gasteiger partial charge in [0.05, 0.1) is 0 Å². The number of azide groups is 1. The molecular formula is C7H14N4O2. The van der Waals surface area contributed by atoms with Gasteiger partial charge in [-0.15, -0.1) is 0 Å². The van der Waals surface area contributed by atoms with Crippen LogP contribution in [0.4, 0.5) is 0 Å². The van der Waals surface area contributed by atoms with Crippen LogP contribution in [0.15, 0.2) is 5.11 Å². The highest BCUT2D eigenvalue weighted by atomic mass is 16.4. The number of rotatable bonds is 7. The highest BCUT2D eigenvalue weighted by Gasteiger charge is 2.12. The molecule has 2 N–H and O–H groups in total. The van der Waals surface area contributed by atoms with E-state index < -0.39 is 12.0 Å². The van der Waals surface area contributed by atoms with E-state index in [9.17, 15) is 4.79 Å². The van der Waals surface area contributed by atoms with Crippen LogP contribution in [0.2, 0.25) is 0 Å². The van der Waals surface area contributed by atoms with Crippen LogP contribution in [0.25, 0.3) is 10.4 Å². The SMILES string of the molecule is CNC(CCCCN=[N+]=[N-])C(=O)O. The van der Waals surface area contributed by atoms with E-state index in [0.717, 1.165) is 12.8 Å². The van der Waals surface area contributed by atoms with Gasteiger partial charge < -0.3 is 10.4 Å². The van der Waals surface area contributed by atoms with Crippen molar-refractivity contribution >= 4 is 5.97 Å². The molecule has 6 nitrogen and oxygen atoms in total. The second kappa shape index (κ2) is 7.39. The molecule has 6 heteroatoms. The van der Waals surface area contributed by atoms with Crippen molar-refractivity contribution in [2.24, 2.45) is 5.11 Å². The Morgan fingerprint density at radius 2 is 2.38 bits per heavy atom. The second-order valence-electron chi connectivity index (χ2n) is 2.63. The largest absolute Gasteiger partial charge is 0.480 e. The third-order valence-electron chi connectivity index (χ3n) is 1.71. The van der Waals surface area contributed by atoms with Crippen LogP contribution >= 0.6 is 0 Å². The highest BCUT2D eigenvalue weighted by molar-refractivity contribution is 5.73. The minimum absolute atomic E-state index is 0.437. The van der Waals surface area contributed by atoms with E-state index in [0.29, 0.717) is 13.0 Å². The van der Waals surface area contributed by atoms with Crippen molar-refractivity contribution in [3.63, 3.8) is 0 Å². The Morgan fingerprint density at radius 1 is 1.69 bits per heavy atom. The Balaban J connectivity index is 3.49. The van der Waals surface area contributed by atoms with E-state index >= 15 is 0 Å². The molecule has 0 aliphatic rings. The fraction of sp³-hybridized carbons (Fsp3) is 0.857. The topological polar surface area (TPSA) is 98.1 Å². The minimum atomic E-state index is -0.841. The number of nitrogens with zero attached hydrogens (tertiary/aromatic N) is 3. The summed E-state index contributed by atoms with van der Waals surface area (Å²) in [6, 6.07) is -0.494. The third kappa shape index (κ3) is 5.95. The number of carboxylic acid groups (broad SMARTS) is 1. The predicted molar refractivity (Wildman–Crippen MR) is 48.3 cm³/mol. The molecule has 0 saturated carbocycles. The van der Waals surface area contributed by atoms with Crippen molar-refractivity contribution < 1.29 is 9.90 Å². The Labute approximate surface area is 76.6 Å². The van der Waals surface area contributed by atoms with E-state index in [1.54, 1.807) is 7.05 Å². The van der Waals surface area contributed by atoms with E-state index in [4.69, 9.17) is 10.6 Å². The number of nitrogens with one attached hydrogen (secondary N) is 1. The van der Waals surface area contributed by atoms with E-state index in [-0.39, 0.29) is 0 Å². The summed E-state index contributed by atoms with van der Waals surface area (Å²) in [5, 5.41) is 14.7. The molecule has 1 atom stereocenters. The number of aliphatic carboxylic acids is 1. The zero-order chi connectivity index (χ0) is 10.1. The van der Waals surface area contributed by atoms with Crippen molar-refractivity contribution in [1.82, 2.24) is 5.32 Å². The first kappa shape index (κ1) is 11.7. The minimum Gasteiger partial charge on any atom is -0.480 e. The molecule has 74 valence electrons. The summed E-state index contributed by atoms with van der Waals surface area (Å²) in [5.41, 5.74) is 7.96. The van der Waals surface area contributed by atoms with Crippen LogP contribution in [-0.4, -0.2) is 30.7 Å². The van der Waals surface area contributed by atoms with Gasteiger partial charge in [-0.3, -0.25) is 4.79 Å². The fourth-order valence-corrected chi connectivity index (χ4v) is 0.967. The van der Waals surface area contributed by atoms with E-state index in [2.05, 4.69) is 15.3 Å². The molecule has 0 aromatic carbocycles. The molecule has 0 aromatic heterocycles. The Hall–Kier alpha value is -1.26. The zero-order valence-electron chi connectivity index (χ0n) is 7.60. The average molecular weight is 186 g/mol. The van der Waals surface area contributed by atoms with Crippen molar-refractivity contribution in [2.45, 2.75) is 25.3 Å². The smallest absolute Gasteiger partial charge is 0.320 e. The summed E-state index contributed by atoms with van der Waals surface area (Å²) in [4.78, 5) is 13.1. The molecule has 0 aliphatic carbocycles. The van der Waals surface area contributed by atoms with Gasteiger partial charge in [0.2, 0.25) is 0 Å². The predicted octanol–water partition coefficient (Wildman–Crippen LogP) is 1.14. The van der Waals surface area contributed by atoms with Crippen LogP contribution in [0.1, 0.15) is 19.3 Å². The first-order valence-electron chi connectivity index (χ1n) is 4.13. The molecule has 13 heavy (non-hydrogen) atoms. The van der Waals surface area contributed by atoms with Crippen LogP contribution in [-0.2, 0) is 4.79 Å². The normalized spacial score (nSPS) is 11.8. The van der Waals surface area contributed by atoms with Gasteiger partial charge in [0, 0.05) is 11.5 Å². The number of hydrogen-bond donors (Lipinski definition) is 2. The van der Waals surface area contributed by atoms with Gasteiger partial charge in [-0.05, 0) is 25.4 Å². The molecule has 0 fully saturated rings. The quantitative estimate of drug-likeness (QED) is 0.270. The lowest BCUT2D eigenvalue weighted by atomic mass is 10.1. The average Bonchev–Trinajstić information content (AvgIpc) is 2.10. The van der Waals surface area contributed by atoms with Gasteiger partial charge in [0.1, 0.15) is 6.04 Å². The fourth-order valence-electron chi connectivity index (χ4n) is 0.967. The van der Waals surface area contributed by atoms with E-state index in [1.165, 1.54) is 0 Å². The van der Waals surface area contributed by atoms with Crippen molar-refractivity contribution in [3.8, 4) is 0 Å². The Bertz CT molecular complexity index is 201. The van der Waals surface area contributed by atoms with Crippen LogP contribution in [0.5, 0.6) is 0 Å². The molecule has 0 amide bonds. The second-order valence-corrected chi connectivity index (χ2v) is 2.63. The maximum Gasteiger partial charge on any atom is 0.320 e. The lowest BCUT2D eigenvalue weighted by Gasteiger charge is -2.09. The highest BCUT2D eigenvalue weighted by Crippen LogP contribution is 2.01. The molecule has 1 unspecified atom stereocenters. The van der Waals surface area contributed by atoms with Crippen molar-refractivity contribution in [1.29, 1.82) is 0 Å². The molecule has 0 heterocycles. The zero-order valence-corrected chi connectivity index (χ0v) is 7.60. The number of likely N-dealkylation sites (N-methyl/N-ethyl adjacent to an activating group) is 1. The maximum atomic E-state index is 10.5. The van der Waals surface area contributed by atoms with Gasteiger partial charge in [0.15, 0.2) is 0 Å². The number of carboxylic acids is 1. The number of unbranched alkanes of at least 4 members (excludes halogenated alkanes) is 1. The number of carbonyl (C=O) groups is 1. The molecule has 0 radical (unpaired) electrons.